The monoisotopic (exact) mass is 269 g/mol. The first kappa shape index (κ1) is 13.3. The number of sulfone groups is 1. The highest BCUT2D eigenvalue weighted by Gasteiger charge is 2.22. The van der Waals surface area contributed by atoms with Gasteiger partial charge < -0.3 is 10.2 Å². The molecule has 1 fully saturated rings. The van der Waals surface area contributed by atoms with E-state index in [2.05, 4.69) is 16.4 Å². The summed E-state index contributed by atoms with van der Waals surface area (Å²) in [6.45, 7) is 3.87. The second-order valence-electron chi connectivity index (χ2n) is 4.58. The Morgan fingerprint density at radius 3 is 2.56 bits per heavy atom. The van der Waals surface area contributed by atoms with Crippen LogP contribution in [0.5, 0.6) is 0 Å². The second kappa shape index (κ2) is 5.24. The summed E-state index contributed by atoms with van der Waals surface area (Å²) < 4.78 is 22.8. The molecule has 1 aromatic heterocycles. The number of pyridine rings is 1. The van der Waals surface area contributed by atoms with Gasteiger partial charge in [-0.25, -0.2) is 13.4 Å². The summed E-state index contributed by atoms with van der Waals surface area (Å²) in [7, 11) is -0.924. The van der Waals surface area contributed by atoms with Gasteiger partial charge in [-0.3, -0.25) is 0 Å². The Labute approximate surface area is 108 Å². The van der Waals surface area contributed by atoms with E-state index in [4.69, 9.17) is 0 Å². The number of nitrogens with zero attached hydrogens (tertiary/aromatic N) is 2. The van der Waals surface area contributed by atoms with Crippen molar-refractivity contribution in [2.45, 2.75) is 13.5 Å². The number of aryl methyl sites for hydroxylation is 1. The summed E-state index contributed by atoms with van der Waals surface area (Å²) in [5, 5.41) is 3.10. The molecule has 0 spiro atoms. The zero-order valence-electron chi connectivity index (χ0n) is 10.8. The molecule has 5 nitrogen and oxygen atoms in total. The molecule has 0 amide bonds. The van der Waals surface area contributed by atoms with Crippen molar-refractivity contribution in [2.24, 2.45) is 0 Å². The van der Waals surface area contributed by atoms with E-state index in [0.29, 0.717) is 13.1 Å². The molecule has 0 unspecified atom stereocenters. The second-order valence-corrected chi connectivity index (χ2v) is 6.89. The molecule has 6 heteroatoms. The standard InChI is InChI=1S/C12H19N3O2S/c1-10-11(9-13-2)3-4-12(14-10)15-5-7-18(16,17)8-6-15/h3-4,13H,5-9H2,1-2H3. The highest BCUT2D eigenvalue weighted by atomic mass is 32.2. The van der Waals surface area contributed by atoms with Gasteiger partial charge in [0.15, 0.2) is 9.84 Å². The van der Waals surface area contributed by atoms with Crippen LogP contribution in [0.3, 0.4) is 0 Å². The molecule has 18 heavy (non-hydrogen) atoms. The van der Waals surface area contributed by atoms with E-state index in [9.17, 15) is 8.42 Å². The van der Waals surface area contributed by atoms with Crippen LogP contribution in [0.2, 0.25) is 0 Å². The van der Waals surface area contributed by atoms with E-state index < -0.39 is 9.84 Å². The van der Waals surface area contributed by atoms with Crippen molar-refractivity contribution < 1.29 is 8.42 Å². The third kappa shape index (κ3) is 3.00. The minimum absolute atomic E-state index is 0.228. The van der Waals surface area contributed by atoms with Crippen LogP contribution < -0.4 is 10.2 Å². The summed E-state index contributed by atoms with van der Waals surface area (Å²) in [5.74, 6) is 1.33. The number of nitrogens with one attached hydrogen (secondary N) is 1. The van der Waals surface area contributed by atoms with Crippen molar-refractivity contribution in [1.29, 1.82) is 0 Å². The van der Waals surface area contributed by atoms with Gasteiger partial charge in [-0.2, -0.15) is 0 Å². The number of aromatic nitrogens is 1. The molecule has 1 N–H and O–H groups in total. The van der Waals surface area contributed by atoms with Gasteiger partial charge in [0.25, 0.3) is 0 Å². The Morgan fingerprint density at radius 2 is 2.00 bits per heavy atom. The molecule has 0 saturated carbocycles. The zero-order chi connectivity index (χ0) is 13.2. The minimum atomic E-state index is -2.83. The average molecular weight is 269 g/mol. The van der Waals surface area contributed by atoms with Gasteiger partial charge in [0.05, 0.1) is 11.5 Å². The lowest BCUT2D eigenvalue weighted by atomic mass is 10.2. The Kier molecular flexibility index (Phi) is 3.87. The van der Waals surface area contributed by atoms with Crippen LogP contribution in [0.15, 0.2) is 12.1 Å². The fourth-order valence-electron chi connectivity index (χ4n) is 2.07. The number of hydrogen-bond acceptors (Lipinski definition) is 5. The van der Waals surface area contributed by atoms with Crippen molar-refractivity contribution in [3.05, 3.63) is 23.4 Å². The molecule has 100 valence electrons. The first-order valence-electron chi connectivity index (χ1n) is 6.08. The molecule has 1 aliphatic heterocycles. The van der Waals surface area contributed by atoms with E-state index in [0.717, 1.165) is 18.1 Å². The van der Waals surface area contributed by atoms with Crippen molar-refractivity contribution in [2.75, 3.05) is 36.5 Å². The summed E-state index contributed by atoms with van der Waals surface area (Å²) in [5.41, 5.74) is 2.17. The number of hydrogen-bond donors (Lipinski definition) is 1. The molecular weight excluding hydrogens is 250 g/mol. The third-order valence-corrected chi connectivity index (χ3v) is 4.83. The van der Waals surface area contributed by atoms with Crippen LogP contribution in [-0.4, -0.2) is 45.0 Å². The van der Waals surface area contributed by atoms with Crippen LogP contribution in [0, 0.1) is 6.92 Å². The van der Waals surface area contributed by atoms with E-state index in [1.807, 2.05) is 24.9 Å². The van der Waals surface area contributed by atoms with E-state index in [1.165, 1.54) is 5.56 Å². The Bertz CT molecular complexity index is 514. The molecule has 0 atom stereocenters. The van der Waals surface area contributed by atoms with E-state index in [1.54, 1.807) is 0 Å². The maximum Gasteiger partial charge on any atom is 0.153 e. The molecule has 1 aliphatic rings. The molecule has 0 radical (unpaired) electrons. The van der Waals surface area contributed by atoms with Gasteiger partial charge in [-0.1, -0.05) is 6.07 Å². The minimum Gasteiger partial charge on any atom is -0.355 e. The number of anilines is 1. The fraction of sp³-hybridized carbons (Fsp3) is 0.583. The summed E-state index contributed by atoms with van der Waals surface area (Å²) in [6, 6.07) is 4.02. The number of rotatable bonds is 3. The normalized spacial score (nSPS) is 18.9. The summed E-state index contributed by atoms with van der Waals surface area (Å²) >= 11 is 0. The Hall–Kier alpha value is -1.14. The van der Waals surface area contributed by atoms with Crippen molar-refractivity contribution in [3.8, 4) is 0 Å². The van der Waals surface area contributed by atoms with Gasteiger partial charge in [0.1, 0.15) is 5.82 Å². The zero-order valence-corrected chi connectivity index (χ0v) is 11.6. The molecule has 1 aromatic rings. The van der Waals surface area contributed by atoms with Gasteiger partial charge in [0, 0.05) is 25.3 Å². The molecule has 2 rings (SSSR count). The lowest BCUT2D eigenvalue weighted by Gasteiger charge is -2.28. The van der Waals surface area contributed by atoms with Crippen LogP contribution in [-0.2, 0) is 16.4 Å². The largest absolute Gasteiger partial charge is 0.355 e. The fourth-order valence-corrected chi connectivity index (χ4v) is 3.27. The third-order valence-electron chi connectivity index (χ3n) is 3.22. The molecule has 0 bridgehead atoms. The van der Waals surface area contributed by atoms with Crippen molar-refractivity contribution >= 4 is 15.7 Å². The van der Waals surface area contributed by atoms with E-state index >= 15 is 0 Å². The SMILES string of the molecule is CNCc1ccc(N2CCS(=O)(=O)CC2)nc1C. The van der Waals surface area contributed by atoms with Gasteiger partial charge in [-0.05, 0) is 25.6 Å². The van der Waals surface area contributed by atoms with Crippen LogP contribution >= 0.6 is 0 Å². The molecule has 0 aliphatic carbocycles. The van der Waals surface area contributed by atoms with Crippen LogP contribution in [0.4, 0.5) is 5.82 Å². The van der Waals surface area contributed by atoms with Crippen molar-refractivity contribution in [1.82, 2.24) is 10.3 Å². The molecule has 0 aromatic carbocycles. The van der Waals surface area contributed by atoms with Gasteiger partial charge in [0.2, 0.25) is 0 Å². The highest BCUT2D eigenvalue weighted by Crippen LogP contribution is 2.17. The first-order chi connectivity index (χ1) is 8.52. The smallest absolute Gasteiger partial charge is 0.153 e. The van der Waals surface area contributed by atoms with Crippen molar-refractivity contribution in [3.63, 3.8) is 0 Å². The topological polar surface area (TPSA) is 62.3 Å². The van der Waals surface area contributed by atoms with Gasteiger partial charge in [-0.15, -0.1) is 0 Å². The van der Waals surface area contributed by atoms with Crippen LogP contribution in [0.1, 0.15) is 11.3 Å². The summed E-state index contributed by atoms with van der Waals surface area (Å²) in [6.07, 6.45) is 0. The van der Waals surface area contributed by atoms with Crippen LogP contribution in [0.25, 0.3) is 0 Å². The lowest BCUT2D eigenvalue weighted by Crippen LogP contribution is -2.40. The molecule has 2 heterocycles. The quantitative estimate of drug-likeness (QED) is 0.857. The maximum atomic E-state index is 11.4. The maximum absolute atomic E-state index is 11.4. The molecule has 1 saturated heterocycles. The molecular formula is C12H19N3O2S. The Balaban J connectivity index is 2.13. The predicted octanol–water partition coefficient (Wildman–Crippen LogP) is 0.344. The highest BCUT2D eigenvalue weighted by molar-refractivity contribution is 7.91. The predicted molar refractivity (Wildman–Crippen MR) is 72.6 cm³/mol. The van der Waals surface area contributed by atoms with E-state index in [-0.39, 0.29) is 11.5 Å². The summed E-state index contributed by atoms with van der Waals surface area (Å²) in [4.78, 5) is 6.59. The van der Waals surface area contributed by atoms with Gasteiger partial charge >= 0.3 is 0 Å². The average Bonchev–Trinajstić information content (AvgIpc) is 2.32. The Morgan fingerprint density at radius 1 is 1.33 bits per heavy atom. The lowest BCUT2D eigenvalue weighted by molar-refractivity contribution is 0.586. The first-order valence-corrected chi connectivity index (χ1v) is 7.90.